The highest BCUT2D eigenvalue weighted by Gasteiger charge is 2.33. The van der Waals surface area contributed by atoms with Gasteiger partial charge < -0.3 is 15.0 Å². The molecule has 0 saturated carbocycles. The maximum atomic E-state index is 13.9. The summed E-state index contributed by atoms with van der Waals surface area (Å²) in [6.45, 7) is 6.83. The molecule has 0 aromatic heterocycles. The van der Waals surface area contributed by atoms with Crippen molar-refractivity contribution in [2.45, 2.75) is 57.6 Å². The number of hydrogen-bond donors (Lipinski definition) is 1. The van der Waals surface area contributed by atoms with Crippen LogP contribution >= 0.6 is 0 Å². The Kier molecular flexibility index (Phi) is 10.3. The van der Waals surface area contributed by atoms with E-state index in [2.05, 4.69) is 5.32 Å². The molecule has 8 nitrogen and oxygen atoms in total. The first-order valence-electron chi connectivity index (χ1n) is 13.0. The Morgan fingerprint density at radius 3 is 2.17 bits per heavy atom. The second kappa shape index (κ2) is 13.4. The summed E-state index contributed by atoms with van der Waals surface area (Å²) in [6.07, 6.45) is 0.711. The van der Waals surface area contributed by atoms with E-state index in [1.807, 2.05) is 45.0 Å². The van der Waals surface area contributed by atoms with Gasteiger partial charge in [0, 0.05) is 12.6 Å². The van der Waals surface area contributed by atoms with Crippen LogP contribution in [0.15, 0.2) is 77.7 Å². The van der Waals surface area contributed by atoms with Crippen molar-refractivity contribution in [3.8, 4) is 5.75 Å². The molecule has 0 aliphatic heterocycles. The largest absolute Gasteiger partial charge is 0.497 e. The van der Waals surface area contributed by atoms with E-state index in [0.717, 1.165) is 27.6 Å². The third-order valence-corrected chi connectivity index (χ3v) is 8.60. The lowest BCUT2D eigenvalue weighted by Crippen LogP contribution is -2.52. The number of amides is 2. The number of halogens is 1. The maximum Gasteiger partial charge on any atom is 0.264 e. The van der Waals surface area contributed by atoms with Crippen LogP contribution in [0.5, 0.6) is 5.75 Å². The van der Waals surface area contributed by atoms with Crippen LogP contribution in [-0.4, -0.2) is 50.9 Å². The van der Waals surface area contributed by atoms with Gasteiger partial charge in [-0.3, -0.25) is 13.9 Å². The third-order valence-electron chi connectivity index (χ3n) is 6.81. The number of ether oxygens (including phenoxy) is 1. The normalized spacial score (nSPS) is 12.8. The summed E-state index contributed by atoms with van der Waals surface area (Å²) in [5.74, 6) is -1.01. The fraction of sp³-hybridized carbons (Fsp3) is 0.333. The average molecular weight is 570 g/mol. The molecule has 0 heterocycles. The zero-order valence-electron chi connectivity index (χ0n) is 23.4. The number of sulfonamides is 1. The van der Waals surface area contributed by atoms with E-state index in [0.29, 0.717) is 12.2 Å². The first-order chi connectivity index (χ1) is 19.0. The molecule has 0 radical (unpaired) electrons. The van der Waals surface area contributed by atoms with E-state index in [9.17, 15) is 22.4 Å². The van der Waals surface area contributed by atoms with Crippen LogP contribution in [0.25, 0.3) is 0 Å². The number of carbonyl (C=O) groups is 2. The minimum Gasteiger partial charge on any atom is -0.497 e. The number of rotatable bonds is 12. The molecule has 0 spiro atoms. The predicted molar refractivity (Wildman–Crippen MR) is 153 cm³/mol. The van der Waals surface area contributed by atoms with Crippen LogP contribution in [0, 0.1) is 12.7 Å². The summed E-state index contributed by atoms with van der Waals surface area (Å²) in [4.78, 5) is 28.4. The van der Waals surface area contributed by atoms with E-state index in [-0.39, 0.29) is 29.1 Å². The highest BCUT2D eigenvalue weighted by molar-refractivity contribution is 7.92. The number of nitrogens with one attached hydrogen (secondary N) is 1. The summed E-state index contributed by atoms with van der Waals surface area (Å²) in [7, 11) is -2.80. The van der Waals surface area contributed by atoms with Crippen LogP contribution in [0.1, 0.15) is 38.3 Å². The Morgan fingerprint density at radius 2 is 1.60 bits per heavy atom. The fourth-order valence-electron chi connectivity index (χ4n) is 4.03. The van der Waals surface area contributed by atoms with Gasteiger partial charge in [-0.05, 0) is 86.8 Å². The monoisotopic (exact) mass is 569 g/mol. The quantitative estimate of drug-likeness (QED) is 0.342. The molecule has 3 rings (SSSR count). The van der Waals surface area contributed by atoms with Crippen molar-refractivity contribution in [2.24, 2.45) is 0 Å². The first-order valence-corrected chi connectivity index (χ1v) is 14.5. The Hall–Kier alpha value is -3.92. The molecule has 2 atom stereocenters. The topological polar surface area (TPSA) is 96.0 Å². The predicted octanol–water partition coefficient (Wildman–Crippen LogP) is 4.67. The molecule has 0 bridgehead atoms. The second-order valence-electron chi connectivity index (χ2n) is 9.61. The van der Waals surface area contributed by atoms with Crippen LogP contribution < -0.4 is 14.4 Å². The van der Waals surface area contributed by atoms with Crippen LogP contribution in [0.4, 0.5) is 10.1 Å². The van der Waals surface area contributed by atoms with Crippen LogP contribution in [-0.2, 0) is 26.2 Å². The minimum absolute atomic E-state index is 0.0709. The number of aryl methyl sites for hydroxylation is 1. The van der Waals surface area contributed by atoms with E-state index in [1.165, 1.54) is 48.4 Å². The molecule has 0 saturated heterocycles. The molecule has 0 aliphatic carbocycles. The number of methoxy groups -OCH3 is 1. The Labute approximate surface area is 235 Å². The molecule has 40 heavy (non-hydrogen) atoms. The highest BCUT2D eigenvalue weighted by Crippen LogP contribution is 2.26. The van der Waals surface area contributed by atoms with Crippen molar-refractivity contribution in [3.63, 3.8) is 0 Å². The molecule has 2 amide bonds. The van der Waals surface area contributed by atoms with Gasteiger partial charge in [0.25, 0.3) is 10.0 Å². The summed E-state index contributed by atoms with van der Waals surface area (Å²) in [5, 5.41) is 2.90. The summed E-state index contributed by atoms with van der Waals surface area (Å²) in [5.41, 5.74) is 1.86. The average Bonchev–Trinajstić information content (AvgIpc) is 2.95. The van der Waals surface area contributed by atoms with Gasteiger partial charge in [0.1, 0.15) is 24.2 Å². The second-order valence-corrected chi connectivity index (χ2v) is 11.5. The van der Waals surface area contributed by atoms with Crippen molar-refractivity contribution in [3.05, 3.63) is 89.7 Å². The molecular weight excluding hydrogens is 533 g/mol. The Bertz CT molecular complexity index is 1410. The van der Waals surface area contributed by atoms with Gasteiger partial charge in [0.2, 0.25) is 11.8 Å². The standard InChI is InChI=1S/C30H36FN3O5S/c1-6-22(3)32-30(36)23(4)33(19-24-10-8-7-9-21(24)2)29(35)20-34(26-13-11-25(31)12-14-26)40(37,38)28-17-15-27(39-5)16-18-28/h7-18,22-23H,6,19-20H2,1-5H3,(H,32,36)/t22-,23+/m1/s1. The fourth-order valence-corrected chi connectivity index (χ4v) is 5.44. The molecule has 3 aromatic rings. The minimum atomic E-state index is -4.26. The zero-order valence-corrected chi connectivity index (χ0v) is 24.2. The van der Waals surface area contributed by atoms with Crippen LogP contribution in [0.3, 0.4) is 0 Å². The number of hydrogen-bond acceptors (Lipinski definition) is 5. The molecule has 1 N–H and O–H groups in total. The van der Waals surface area contributed by atoms with Gasteiger partial charge in [-0.2, -0.15) is 0 Å². The van der Waals surface area contributed by atoms with E-state index in [4.69, 9.17) is 4.74 Å². The summed E-state index contributed by atoms with van der Waals surface area (Å²) < 4.78 is 47.5. The number of nitrogens with zero attached hydrogens (tertiary/aromatic N) is 2. The molecule has 0 aliphatic rings. The summed E-state index contributed by atoms with van der Waals surface area (Å²) in [6, 6.07) is 17.1. The lowest BCUT2D eigenvalue weighted by molar-refractivity contribution is -0.139. The molecule has 3 aromatic carbocycles. The molecule has 10 heteroatoms. The number of benzene rings is 3. The Balaban J connectivity index is 2.03. The van der Waals surface area contributed by atoms with E-state index in [1.54, 1.807) is 6.92 Å². The van der Waals surface area contributed by atoms with Gasteiger partial charge in [0.05, 0.1) is 17.7 Å². The van der Waals surface area contributed by atoms with Gasteiger partial charge in [-0.25, -0.2) is 12.8 Å². The van der Waals surface area contributed by atoms with E-state index >= 15 is 0 Å². The SMILES string of the molecule is CC[C@@H](C)NC(=O)[C@H](C)N(Cc1ccccc1C)C(=O)CN(c1ccc(F)cc1)S(=O)(=O)c1ccc(OC)cc1. The maximum absolute atomic E-state index is 13.9. The van der Waals surface area contributed by atoms with E-state index < -0.39 is 34.3 Å². The van der Waals surface area contributed by atoms with Crippen molar-refractivity contribution in [2.75, 3.05) is 18.0 Å². The van der Waals surface area contributed by atoms with Crippen molar-refractivity contribution < 1.29 is 27.1 Å². The van der Waals surface area contributed by atoms with Crippen LogP contribution in [0.2, 0.25) is 0 Å². The highest BCUT2D eigenvalue weighted by atomic mass is 32.2. The van der Waals surface area contributed by atoms with Gasteiger partial charge in [-0.1, -0.05) is 31.2 Å². The van der Waals surface area contributed by atoms with Gasteiger partial charge in [0.15, 0.2) is 0 Å². The van der Waals surface area contributed by atoms with Gasteiger partial charge >= 0.3 is 0 Å². The third kappa shape index (κ3) is 7.38. The molecule has 214 valence electrons. The first kappa shape index (κ1) is 30.6. The zero-order chi connectivity index (χ0) is 29.4. The van der Waals surface area contributed by atoms with Crippen molar-refractivity contribution in [1.82, 2.24) is 10.2 Å². The Morgan fingerprint density at radius 1 is 0.975 bits per heavy atom. The lowest BCUT2D eigenvalue weighted by Gasteiger charge is -2.32. The van der Waals surface area contributed by atoms with Crippen molar-refractivity contribution in [1.29, 1.82) is 0 Å². The van der Waals surface area contributed by atoms with Gasteiger partial charge in [-0.15, -0.1) is 0 Å². The molecule has 0 fully saturated rings. The summed E-state index contributed by atoms with van der Waals surface area (Å²) >= 11 is 0. The number of anilines is 1. The smallest absolute Gasteiger partial charge is 0.264 e. The number of carbonyl (C=O) groups excluding carboxylic acids is 2. The molecular formula is C30H36FN3O5S. The van der Waals surface area contributed by atoms with Crippen molar-refractivity contribution >= 4 is 27.5 Å². The lowest BCUT2D eigenvalue weighted by atomic mass is 10.1. The molecule has 0 unspecified atom stereocenters.